The van der Waals surface area contributed by atoms with E-state index >= 15 is 0 Å². The second-order valence-electron chi connectivity index (χ2n) is 5.70. The second-order valence-corrected chi connectivity index (χ2v) is 7.84. The molecule has 0 amide bonds. The maximum absolute atomic E-state index is 10.6. The van der Waals surface area contributed by atoms with Gasteiger partial charge in [-0.25, -0.2) is 9.98 Å². The molecule has 2 rings (SSSR count). The van der Waals surface area contributed by atoms with E-state index in [-0.39, 0.29) is 0 Å². The first-order valence-electron chi connectivity index (χ1n) is 8.27. The van der Waals surface area contributed by atoms with Gasteiger partial charge in [0.1, 0.15) is 5.60 Å². The minimum atomic E-state index is -0.943. The topological polar surface area (TPSA) is 69.5 Å². The third kappa shape index (κ3) is 5.58. The number of thiophene rings is 1. The van der Waals surface area contributed by atoms with Gasteiger partial charge in [-0.2, -0.15) is 0 Å². The van der Waals surface area contributed by atoms with Crippen molar-refractivity contribution >= 4 is 28.6 Å². The zero-order valence-corrected chi connectivity index (χ0v) is 16.1. The van der Waals surface area contributed by atoms with Crippen molar-refractivity contribution in [3.8, 4) is 0 Å². The molecule has 1 atom stereocenters. The third-order valence-electron chi connectivity index (χ3n) is 3.52. The molecule has 0 fully saturated rings. The number of rotatable bonds is 8. The van der Waals surface area contributed by atoms with Gasteiger partial charge in [-0.3, -0.25) is 0 Å². The summed E-state index contributed by atoms with van der Waals surface area (Å²) in [5, 5.41) is 20.2. The summed E-state index contributed by atoms with van der Waals surface area (Å²) in [6, 6.07) is 3.88. The predicted molar refractivity (Wildman–Crippen MR) is 103 cm³/mol. The number of aromatic nitrogens is 1. The summed E-state index contributed by atoms with van der Waals surface area (Å²) in [7, 11) is 0. The number of nitrogens with zero attached hydrogens (tertiary/aromatic N) is 2. The second kappa shape index (κ2) is 9.15. The predicted octanol–water partition coefficient (Wildman–Crippen LogP) is 2.77. The molecule has 0 saturated carbocycles. The first-order valence-corrected chi connectivity index (χ1v) is 9.97. The highest BCUT2D eigenvalue weighted by molar-refractivity contribution is 7.11. The highest BCUT2D eigenvalue weighted by atomic mass is 32.1. The summed E-state index contributed by atoms with van der Waals surface area (Å²) in [6.07, 6.45) is 3.86. The fourth-order valence-electron chi connectivity index (χ4n) is 2.15. The van der Waals surface area contributed by atoms with Crippen LogP contribution in [0, 0.1) is 0 Å². The van der Waals surface area contributed by atoms with Crippen LogP contribution in [0.2, 0.25) is 0 Å². The summed E-state index contributed by atoms with van der Waals surface area (Å²) in [4.78, 5) is 11.2. The van der Waals surface area contributed by atoms with Gasteiger partial charge < -0.3 is 15.7 Å². The molecule has 132 valence electrons. The molecule has 0 bridgehead atoms. The molecule has 2 aromatic heterocycles. The molecule has 0 saturated heterocycles. The van der Waals surface area contributed by atoms with Crippen LogP contribution in [0.4, 0.5) is 0 Å². The van der Waals surface area contributed by atoms with Crippen LogP contribution in [0.5, 0.6) is 0 Å². The average Bonchev–Trinajstić information content (AvgIpc) is 3.24. The molecule has 24 heavy (non-hydrogen) atoms. The molecule has 7 heteroatoms. The highest BCUT2D eigenvalue weighted by Crippen LogP contribution is 2.25. The van der Waals surface area contributed by atoms with Gasteiger partial charge in [0.2, 0.25) is 0 Å². The molecule has 1 unspecified atom stereocenters. The Morgan fingerprint density at radius 2 is 2.21 bits per heavy atom. The van der Waals surface area contributed by atoms with E-state index in [0.717, 1.165) is 41.8 Å². The lowest BCUT2D eigenvalue weighted by Gasteiger charge is -2.20. The molecule has 2 aromatic rings. The van der Waals surface area contributed by atoms with Crippen LogP contribution in [0.25, 0.3) is 0 Å². The van der Waals surface area contributed by atoms with Gasteiger partial charge in [0.05, 0.1) is 11.6 Å². The van der Waals surface area contributed by atoms with Gasteiger partial charge in [-0.15, -0.1) is 22.7 Å². The van der Waals surface area contributed by atoms with E-state index in [0.29, 0.717) is 6.54 Å². The minimum Gasteiger partial charge on any atom is -0.383 e. The van der Waals surface area contributed by atoms with E-state index in [1.54, 1.807) is 29.6 Å². The Hall–Kier alpha value is -1.44. The molecule has 0 aliphatic heterocycles. The lowest BCUT2D eigenvalue weighted by atomic mass is 10.1. The number of nitrogens with one attached hydrogen (secondary N) is 2. The number of aliphatic hydroxyl groups is 1. The van der Waals surface area contributed by atoms with E-state index in [9.17, 15) is 5.11 Å². The van der Waals surface area contributed by atoms with E-state index < -0.39 is 5.60 Å². The van der Waals surface area contributed by atoms with Crippen LogP contribution in [0.15, 0.2) is 28.7 Å². The van der Waals surface area contributed by atoms with Gasteiger partial charge in [0, 0.05) is 35.5 Å². The summed E-state index contributed by atoms with van der Waals surface area (Å²) >= 11 is 3.31. The smallest absolute Gasteiger partial charge is 0.191 e. The minimum absolute atomic E-state index is 0.320. The van der Waals surface area contributed by atoms with Crippen molar-refractivity contribution in [3.05, 3.63) is 38.5 Å². The van der Waals surface area contributed by atoms with Gasteiger partial charge in [0.25, 0.3) is 0 Å². The van der Waals surface area contributed by atoms with Crippen molar-refractivity contribution in [1.82, 2.24) is 15.6 Å². The number of hydrogen-bond donors (Lipinski definition) is 3. The Morgan fingerprint density at radius 1 is 1.38 bits per heavy atom. The maximum atomic E-state index is 10.6. The third-order valence-corrected chi connectivity index (χ3v) is 5.85. The molecular formula is C17H26N4OS2. The highest BCUT2D eigenvalue weighted by Gasteiger charge is 2.23. The quantitative estimate of drug-likeness (QED) is 0.496. The molecule has 0 aliphatic carbocycles. The van der Waals surface area contributed by atoms with Crippen LogP contribution < -0.4 is 10.6 Å². The van der Waals surface area contributed by atoms with Gasteiger partial charge in [0.15, 0.2) is 5.96 Å². The molecule has 3 N–H and O–H groups in total. The molecule has 0 aromatic carbocycles. The Bertz CT molecular complexity index is 635. The molecule has 2 heterocycles. The van der Waals surface area contributed by atoms with Crippen molar-refractivity contribution in [2.24, 2.45) is 4.99 Å². The van der Waals surface area contributed by atoms with Crippen molar-refractivity contribution in [2.45, 2.75) is 39.2 Å². The van der Waals surface area contributed by atoms with Crippen molar-refractivity contribution in [1.29, 1.82) is 0 Å². The van der Waals surface area contributed by atoms with Crippen LogP contribution in [-0.2, 0) is 18.4 Å². The molecule has 0 aliphatic rings. The number of aryl methyl sites for hydroxylation is 1. The summed E-state index contributed by atoms with van der Waals surface area (Å²) in [5.41, 5.74) is -0.943. The van der Waals surface area contributed by atoms with Crippen molar-refractivity contribution in [2.75, 3.05) is 19.6 Å². The zero-order valence-electron chi connectivity index (χ0n) is 14.5. The average molecular weight is 367 g/mol. The Morgan fingerprint density at radius 3 is 2.83 bits per heavy atom. The van der Waals surface area contributed by atoms with Gasteiger partial charge in [-0.1, -0.05) is 13.0 Å². The standard InChI is InChI=1S/C17H26N4OS2/c1-4-13-11-20-15(24-13)8-9-19-16(18-5-2)21-12-17(3,22)14-7-6-10-23-14/h6-7,10-11,22H,4-5,8-9,12H2,1-3H3,(H2,18,19,21). The maximum Gasteiger partial charge on any atom is 0.191 e. The molecule has 0 spiro atoms. The van der Waals surface area contributed by atoms with Crippen LogP contribution >= 0.6 is 22.7 Å². The van der Waals surface area contributed by atoms with Crippen LogP contribution in [0.1, 0.15) is 35.5 Å². The lowest BCUT2D eigenvalue weighted by molar-refractivity contribution is 0.0711. The lowest BCUT2D eigenvalue weighted by Crippen LogP contribution is -2.39. The van der Waals surface area contributed by atoms with Crippen LogP contribution in [-0.4, -0.2) is 35.7 Å². The first kappa shape index (κ1) is 18.9. The number of aliphatic imine (C=N–C) groups is 1. The van der Waals surface area contributed by atoms with Gasteiger partial charge in [-0.05, 0) is 31.7 Å². The molecular weight excluding hydrogens is 340 g/mol. The molecule has 5 nitrogen and oxygen atoms in total. The normalized spacial score (nSPS) is 14.4. The van der Waals surface area contributed by atoms with E-state index in [4.69, 9.17) is 0 Å². The fraction of sp³-hybridized carbons (Fsp3) is 0.529. The summed E-state index contributed by atoms with van der Waals surface area (Å²) < 4.78 is 0. The van der Waals surface area contributed by atoms with Crippen LogP contribution in [0.3, 0.4) is 0 Å². The van der Waals surface area contributed by atoms with Crippen molar-refractivity contribution in [3.63, 3.8) is 0 Å². The monoisotopic (exact) mass is 366 g/mol. The fourth-order valence-corrected chi connectivity index (χ4v) is 3.79. The summed E-state index contributed by atoms with van der Waals surface area (Å²) in [5.74, 6) is 0.724. The molecule has 0 radical (unpaired) electrons. The van der Waals surface area contributed by atoms with E-state index in [1.807, 2.05) is 30.6 Å². The first-order chi connectivity index (χ1) is 11.5. The Labute approximate surface area is 151 Å². The largest absolute Gasteiger partial charge is 0.383 e. The summed E-state index contributed by atoms with van der Waals surface area (Å²) in [6.45, 7) is 7.84. The van der Waals surface area contributed by atoms with Crippen molar-refractivity contribution < 1.29 is 5.11 Å². The zero-order chi connectivity index (χ0) is 17.4. The Balaban J connectivity index is 1.88. The number of hydrogen-bond acceptors (Lipinski definition) is 5. The van der Waals surface area contributed by atoms with E-state index in [2.05, 4.69) is 27.5 Å². The SMILES string of the molecule is CCNC(=NCC(C)(O)c1cccs1)NCCc1ncc(CC)s1. The number of guanidine groups is 1. The Kier molecular flexibility index (Phi) is 7.20. The number of thiazole rings is 1. The van der Waals surface area contributed by atoms with E-state index in [1.165, 1.54) is 4.88 Å². The van der Waals surface area contributed by atoms with Gasteiger partial charge >= 0.3 is 0 Å².